The van der Waals surface area contributed by atoms with Crippen LogP contribution in [0.4, 0.5) is 0 Å². The third-order valence-corrected chi connectivity index (χ3v) is 2.38. The van der Waals surface area contributed by atoms with Gasteiger partial charge in [0.2, 0.25) is 0 Å². The number of rotatable bonds is 3. The van der Waals surface area contributed by atoms with Crippen molar-refractivity contribution in [2.24, 2.45) is 0 Å². The Kier molecular flexibility index (Phi) is 2.55. The lowest BCUT2D eigenvalue weighted by Gasteiger charge is -2.10. The molecule has 73 valence electrons. The van der Waals surface area contributed by atoms with Crippen LogP contribution in [0.3, 0.4) is 0 Å². The highest BCUT2D eigenvalue weighted by Crippen LogP contribution is 2.13. The molecule has 2 aromatic rings. The highest BCUT2D eigenvalue weighted by molar-refractivity contribution is 5.79. The Morgan fingerprint density at radius 2 is 2.07 bits per heavy atom. The number of hydrogen-bond donors (Lipinski definition) is 0. The molecule has 2 nitrogen and oxygen atoms in total. The van der Waals surface area contributed by atoms with E-state index < -0.39 is 0 Å². The van der Waals surface area contributed by atoms with Crippen molar-refractivity contribution in [2.45, 2.75) is 6.54 Å². The molecule has 0 saturated heterocycles. The molecule has 0 amide bonds. The lowest BCUT2D eigenvalue weighted by Crippen LogP contribution is -2.17. The van der Waals surface area contributed by atoms with Gasteiger partial charge in [-0.25, -0.2) is 0 Å². The van der Waals surface area contributed by atoms with Crippen LogP contribution >= 0.6 is 0 Å². The Morgan fingerprint density at radius 1 is 1.29 bits per heavy atom. The molecule has 0 bridgehead atoms. The van der Waals surface area contributed by atoms with Crippen LogP contribution in [0.1, 0.15) is 0 Å². The molecule has 0 aliphatic rings. The van der Waals surface area contributed by atoms with Crippen molar-refractivity contribution in [3.05, 3.63) is 36.5 Å². The number of hydrogen-bond acceptors (Lipinski definition) is 1. The monoisotopic (exact) mass is 187 g/mol. The second-order valence-electron chi connectivity index (χ2n) is 3.79. The highest BCUT2D eigenvalue weighted by Gasteiger charge is 1.99. The largest absolute Gasteiger partial charge is 0.346 e. The van der Waals surface area contributed by atoms with Gasteiger partial charge in [0.15, 0.2) is 0 Å². The van der Waals surface area contributed by atoms with Gasteiger partial charge in [0, 0.05) is 36.3 Å². The van der Waals surface area contributed by atoms with E-state index in [0.717, 1.165) is 13.1 Å². The summed E-state index contributed by atoms with van der Waals surface area (Å²) in [4.78, 5) is 2.19. The smallest absolute Gasteiger partial charge is 0.0487 e. The lowest BCUT2D eigenvalue weighted by molar-refractivity contribution is 0.387. The summed E-state index contributed by atoms with van der Waals surface area (Å²) >= 11 is 0. The second kappa shape index (κ2) is 3.84. The quantitative estimate of drug-likeness (QED) is 0.713. The summed E-state index contributed by atoms with van der Waals surface area (Å²) in [7, 11) is 4.19. The van der Waals surface area contributed by atoms with Crippen molar-refractivity contribution in [1.82, 2.24) is 9.47 Å². The van der Waals surface area contributed by atoms with E-state index in [2.05, 4.69) is 53.9 Å². The molecule has 0 N–H and O–H groups in total. The summed E-state index contributed by atoms with van der Waals surface area (Å²) < 4.78 is 2.25. The van der Waals surface area contributed by atoms with Crippen molar-refractivity contribution < 1.29 is 0 Å². The molecule has 14 heavy (non-hydrogen) atoms. The van der Waals surface area contributed by atoms with E-state index >= 15 is 0 Å². The third-order valence-electron chi connectivity index (χ3n) is 2.38. The normalized spacial score (nSPS) is 11.4. The van der Waals surface area contributed by atoms with Crippen molar-refractivity contribution >= 4 is 10.9 Å². The second-order valence-corrected chi connectivity index (χ2v) is 3.79. The molecule has 0 fully saturated rings. The van der Waals surface area contributed by atoms with Crippen LogP contribution in [0.15, 0.2) is 30.5 Å². The molecule has 1 radical (unpaired) electrons. The van der Waals surface area contributed by atoms with Crippen molar-refractivity contribution in [2.75, 3.05) is 20.6 Å². The minimum atomic E-state index is 1.02. The predicted octanol–water partition coefficient (Wildman–Crippen LogP) is 2.00. The maximum Gasteiger partial charge on any atom is 0.0487 e. The van der Waals surface area contributed by atoms with Gasteiger partial charge in [-0.1, -0.05) is 18.2 Å². The van der Waals surface area contributed by atoms with Crippen LogP contribution in [0, 0.1) is 6.07 Å². The summed E-state index contributed by atoms with van der Waals surface area (Å²) in [5.74, 6) is 0. The van der Waals surface area contributed by atoms with E-state index in [9.17, 15) is 0 Å². The molecular formula is C12H15N2. The van der Waals surface area contributed by atoms with Crippen LogP contribution in [-0.4, -0.2) is 30.1 Å². The van der Waals surface area contributed by atoms with E-state index in [1.807, 2.05) is 6.20 Å². The first-order chi connectivity index (χ1) is 6.77. The van der Waals surface area contributed by atoms with Gasteiger partial charge in [-0.15, -0.1) is 0 Å². The van der Waals surface area contributed by atoms with E-state index in [1.54, 1.807) is 0 Å². The van der Waals surface area contributed by atoms with Crippen molar-refractivity contribution in [1.29, 1.82) is 0 Å². The SMILES string of the molecule is CN(C)CCn1c[c]c2ccccc21. The minimum Gasteiger partial charge on any atom is -0.346 e. The molecule has 0 aliphatic carbocycles. The number of benzene rings is 1. The predicted molar refractivity (Wildman–Crippen MR) is 59.3 cm³/mol. The van der Waals surface area contributed by atoms with Gasteiger partial charge >= 0.3 is 0 Å². The molecule has 0 atom stereocenters. The molecule has 1 aromatic carbocycles. The number of aromatic nitrogens is 1. The van der Waals surface area contributed by atoms with Crippen LogP contribution in [0.5, 0.6) is 0 Å². The molecule has 0 spiro atoms. The van der Waals surface area contributed by atoms with Crippen molar-refractivity contribution in [3.63, 3.8) is 0 Å². The molecule has 0 aliphatic heterocycles. The van der Waals surface area contributed by atoms with E-state index in [1.165, 1.54) is 10.9 Å². The first kappa shape index (κ1) is 9.28. The van der Waals surface area contributed by atoms with Gasteiger partial charge in [0.05, 0.1) is 0 Å². The van der Waals surface area contributed by atoms with Gasteiger partial charge in [0.1, 0.15) is 0 Å². The molecule has 1 heterocycles. The van der Waals surface area contributed by atoms with Gasteiger partial charge in [-0.2, -0.15) is 0 Å². The molecule has 1 aromatic heterocycles. The van der Waals surface area contributed by atoms with Gasteiger partial charge in [0.25, 0.3) is 0 Å². The number of para-hydroxylation sites is 1. The zero-order chi connectivity index (χ0) is 9.97. The fourth-order valence-electron chi connectivity index (χ4n) is 1.56. The molecular weight excluding hydrogens is 172 g/mol. The summed E-state index contributed by atoms with van der Waals surface area (Å²) in [6.07, 6.45) is 2.04. The van der Waals surface area contributed by atoms with E-state index in [-0.39, 0.29) is 0 Å². The Morgan fingerprint density at radius 3 is 2.86 bits per heavy atom. The van der Waals surface area contributed by atoms with Crippen LogP contribution in [0.25, 0.3) is 10.9 Å². The average molecular weight is 187 g/mol. The highest BCUT2D eigenvalue weighted by atomic mass is 15.1. The molecule has 0 saturated carbocycles. The topological polar surface area (TPSA) is 8.17 Å². The first-order valence-electron chi connectivity index (χ1n) is 4.87. The number of likely N-dealkylation sites (N-methyl/N-ethyl adjacent to an activating group) is 1. The molecule has 2 heteroatoms. The third kappa shape index (κ3) is 1.80. The summed E-state index contributed by atoms with van der Waals surface area (Å²) in [5, 5.41) is 1.20. The fraction of sp³-hybridized carbons (Fsp3) is 0.333. The first-order valence-corrected chi connectivity index (χ1v) is 4.87. The Hall–Kier alpha value is -1.28. The van der Waals surface area contributed by atoms with Crippen LogP contribution in [0.2, 0.25) is 0 Å². The van der Waals surface area contributed by atoms with Gasteiger partial charge < -0.3 is 9.47 Å². The van der Waals surface area contributed by atoms with E-state index in [0.29, 0.717) is 0 Å². The Labute approximate surface area is 84.8 Å². The van der Waals surface area contributed by atoms with Crippen LogP contribution in [-0.2, 0) is 6.54 Å². The summed E-state index contributed by atoms with van der Waals surface area (Å²) in [6, 6.07) is 11.6. The average Bonchev–Trinajstić information content (AvgIpc) is 2.58. The number of nitrogens with zero attached hydrogens (tertiary/aromatic N) is 2. The zero-order valence-electron chi connectivity index (χ0n) is 8.70. The summed E-state index contributed by atoms with van der Waals surface area (Å²) in [5.41, 5.74) is 1.27. The minimum absolute atomic E-state index is 1.02. The summed E-state index contributed by atoms with van der Waals surface area (Å²) in [6.45, 7) is 2.09. The van der Waals surface area contributed by atoms with Gasteiger partial charge in [-0.05, 0) is 20.2 Å². The zero-order valence-corrected chi connectivity index (χ0v) is 8.70. The van der Waals surface area contributed by atoms with Crippen molar-refractivity contribution in [3.8, 4) is 0 Å². The van der Waals surface area contributed by atoms with Gasteiger partial charge in [-0.3, -0.25) is 0 Å². The fourth-order valence-corrected chi connectivity index (χ4v) is 1.56. The Bertz CT molecular complexity index is 415. The van der Waals surface area contributed by atoms with Crippen LogP contribution < -0.4 is 0 Å². The Balaban J connectivity index is 2.25. The maximum absolute atomic E-state index is 3.26. The lowest BCUT2D eigenvalue weighted by atomic mass is 10.2. The van der Waals surface area contributed by atoms with E-state index in [4.69, 9.17) is 0 Å². The molecule has 0 unspecified atom stereocenters. The standard InChI is InChI=1S/C12H15N2/c1-13(2)9-10-14-8-7-11-5-3-4-6-12(11)14/h3-6,8H,9-10H2,1-2H3. The maximum atomic E-state index is 3.26. The number of fused-ring (bicyclic) bond motifs is 1. The molecule has 2 rings (SSSR count).